The summed E-state index contributed by atoms with van der Waals surface area (Å²) in [7, 11) is 0. The molecule has 28 heavy (non-hydrogen) atoms. The van der Waals surface area contributed by atoms with Crippen molar-refractivity contribution >= 4 is 23.1 Å². The molecule has 2 aliphatic heterocycles. The highest BCUT2D eigenvalue weighted by atomic mass is 19.1. The zero-order valence-corrected chi connectivity index (χ0v) is 16.5. The monoisotopic (exact) mass is 383 g/mol. The van der Waals surface area contributed by atoms with Crippen LogP contribution in [0.4, 0.5) is 10.1 Å². The second-order valence-corrected chi connectivity index (χ2v) is 8.44. The highest BCUT2D eigenvalue weighted by Crippen LogP contribution is 2.47. The third-order valence-corrected chi connectivity index (χ3v) is 6.76. The standard InChI is InChI=1S/C22H26FN3O2/c1-4-18(27)25-7-5-22(11-25)6-8-26(12-22)20-17(23)10-16(21(24)28)15-9-13(2)14(3)19(15)20/h4,10H,1,5-9,11-12H2,2-3H3,(H2,24,28). The fraction of sp³-hybridized carbons (Fsp3) is 0.455. The zero-order valence-electron chi connectivity index (χ0n) is 16.5. The second kappa shape index (κ2) is 6.47. The number of hydrogen-bond donors (Lipinski definition) is 1. The first-order valence-corrected chi connectivity index (χ1v) is 9.74. The lowest BCUT2D eigenvalue weighted by Crippen LogP contribution is -2.33. The summed E-state index contributed by atoms with van der Waals surface area (Å²) in [6.07, 6.45) is 3.83. The fourth-order valence-electron chi connectivity index (χ4n) is 5.12. The molecule has 1 aromatic rings. The van der Waals surface area contributed by atoms with E-state index < -0.39 is 11.7 Å². The van der Waals surface area contributed by atoms with E-state index in [1.165, 1.54) is 12.1 Å². The van der Waals surface area contributed by atoms with E-state index in [2.05, 4.69) is 11.5 Å². The molecule has 3 aliphatic rings. The van der Waals surface area contributed by atoms with Gasteiger partial charge in [-0.1, -0.05) is 12.2 Å². The number of hydrogen-bond acceptors (Lipinski definition) is 3. The molecule has 0 bridgehead atoms. The topological polar surface area (TPSA) is 66.6 Å². The molecule has 1 aromatic carbocycles. The van der Waals surface area contributed by atoms with Gasteiger partial charge >= 0.3 is 0 Å². The smallest absolute Gasteiger partial charge is 0.249 e. The van der Waals surface area contributed by atoms with Crippen LogP contribution in [-0.4, -0.2) is 42.9 Å². The quantitative estimate of drug-likeness (QED) is 0.816. The molecular weight excluding hydrogens is 357 g/mol. The van der Waals surface area contributed by atoms with Crippen LogP contribution in [0.25, 0.3) is 5.57 Å². The minimum absolute atomic E-state index is 0.00831. The number of fused-ring (bicyclic) bond motifs is 1. The molecule has 2 amide bonds. The maximum Gasteiger partial charge on any atom is 0.249 e. The number of nitrogens with zero attached hydrogens (tertiary/aromatic N) is 2. The first kappa shape index (κ1) is 18.7. The molecule has 1 unspecified atom stereocenters. The molecule has 148 valence electrons. The summed E-state index contributed by atoms with van der Waals surface area (Å²) in [5.74, 6) is -1.02. The van der Waals surface area contributed by atoms with Gasteiger partial charge in [-0.15, -0.1) is 0 Å². The van der Waals surface area contributed by atoms with Crippen molar-refractivity contribution in [3.63, 3.8) is 0 Å². The molecule has 0 saturated carbocycles. The van der Waals surface area contributed by atoms with Crippen molar-refractivity contribution in [1.82, 2.24) is 4.90 Å². The lowest BCUT2D eigenvalue weighted by Gasteiger charge is -2.27. The molecule has 5 nitrogen and oxygen atoms in total. The Kier molecular flexibility index (Phi) is 4.32. The molecule has 2 heterocycles. The summed E-state index contributed by atoms with van der Waals surface area (Å²) in [5.41, 5.74) is 10.2. The van der Waals surface area contributed by atoms with Gasteiger partial charge in [0, 0.05) is 42.7 Å². The van der Waals surface area contributed by atoms with Crippen LogP contribution in [0.1, 0.15) is 48.2 Å². The second-order valence-electron chi connectivity index (χ2n) is 8.44. The number of amides is 2. The van der Waals surface area contributed by atoms with E-state index in [0.29, 0.717) is 25.2 Å². The van der Waals surface area contributed by atoms with E-state index in [9.17, 15) is 9.59 Å². The maximum absolute atomic E-state index is 15.2. The van der Waals surface area contributed by atoms with Gasteiger partial charge in [-0.2, -0.15) is 0 Å². The Morgan fingerprint density at radius 3 is 2.64 bits per heavy atom. The largest absolute Gasteiger partial charge is 0.368 e. The average molecular weight is 383 g/mol. The van der Waals surface area contributed by atoms with Crippen molar-refractivity contribution in [1.29, 1.82) is 0 Å². The van der Waals surface area contributed by atoms with Crippen LogP contribution in [0.5, 0.6) is 0 Å². The molecule has 6 heteroatoms. The first-order valence-electron chi connectivity index (χ1n) is 9.74. The van der Waals surface area contributed by atoms with Crippen LogP contribution < -0.4 is 10.6 Å². The zero-order chi connectivity index (χ0) is 20.2. The van der Waals surface area contributed by atoms with E-state index in [1.54, 1.807) is 0 Å². The van der Waals surface area contributed by atoms with Crippen LogP contribution in [0.15, 0.2) is 24.3 Å². The van der Waals surface area contributed by atoms with Gasteiger partial charge in [0.15, 0.2) is 0 Å². The maximum atomic E-state index is 15.2. The number of primary amides is 1. The van der Waals surface area contributed by atoms with Crippen LogP contribution >= 0.6 is 0 Å². The van der Waals surface area contributed by atoms with E-state index >= 15 is 4.39 Å². The Morgan fingerprint density at radius 2 is 1.96 bits per heavy atom. The Morgan fingerprint density at radius 1 is 1.25 bits per heavy atom. The third kappa shape index (κ3) is 2.74. The SMILES string of the molecule is C=CC(=O)N1CCC2(CCN(c3c(F)cc(C(N)=O)c4c3C(C)=C(C)C4)C2)C1. The number of rotatable bonds is 3. The van der Waals surface area contributed by atoms with Crippen LogP contribution in [0, 0.1) is 11.2 Å². The van der Waals surface area contributed by atoms with Gasteiger partial charge in [-0.05, 0) is 56.4 Å². The Labute approximate surface area is 164 Å². The number of benzene rings is 1. The number of anilines is 1. The number of halogens is 1. The van der Waals surface area contributed by atoms with Crippen molar-refractivity contribution < 1.29 is 14.0 Å². The number of allylic oxidation sites excluding steroid dienone is 2. The molecule has 1 atom stereocenters. The molecule has 1 aliphatic carbocycles. The highest BCUT2D eigenvalue weighted by molar-refractivity contribution is 5.99. The fourth-order valence-corrected chi connectivity index (χ4v) is 5.12. The minimum atomic E-state index is -0.587. The Bertz CT molecular complexity index is 936. The van der Waals surface area contributed by atoms with Crippen LogP contribution in [-0.2, 0) is 11.2 Å². The van der Waals surface area contributed by atoms with Gasteiger partial charge < -0.3 is 15.5 Å². The molecule has 0 aromatic heterocycles. The van der Waals surface area contributed by atoms with Gasteiger partial charge in [0.25, 0.3) is 0 Å². The van der Waals surface area contributed by atoms with Crippen LogP contribution in [0.2, 0.25) is 0 Å². The van der Waals surface area contributed by atoms with Crippen molar-refractivity contribution in [2.45, 2.75) is 33.1 Å². The van der Waals surface area contributed by atoms with E-state index in [-0.39, 0.29) is 16.9 Å². The predicted octanol–water partition coefficient (Wildman–Crippen LogP) is 2.89. The minimum Gasteiger partial charge on any atom is -0.368 e. The molecule has 2 saturated heterocycles. The summed E-state index contributed by atoms with van der Waals surface area (Å²) >= 11 is 0. The normalized spacial score (nSPS) is 23.7. The highest BCUT2D eigenvalue weighted by Gasteiger charge is 2.45. The summed E-state index contributed by atoms with van der Waals surface area (Å²) in [4.78, 5) is 27.8. The molecule has 2 N–H and O–H groups in total. The summed E-state index contributed by atoms with van der Waals surface area (Å²) < 4.78 is 15.2. The van der Waals surface area contributed by atoms with Gasteiger partial charge in [0.1, 0.15) is 5.82 Å². The number of nitrogens with two attached hydrogens (primary N) is 1. The molecule has 2 fully saturated rings. The molecule has 4 rings (SSSR count). The Balaban J connectivity index is 1.70. The van der Waals surface area contributed by atoms with Crippen LogP contribution in [0.3, 0.4) is 0 Å². The molecular formula is C22H26FN3O2. The third-order valence-electron chi connectivity index (χ3n) is 6.76. The number of carbonyl (C=O) groups is 2. The van der Waals surface area contributed by atoms with E-state index in [0.717, 1.165) is 48.2 Å². The Hall–Kier alpha value is -2.63. The van der Waals surface area contributed by atoms with Crippen molar-refractivity contribution in [2.75, 3.05) is 31.1 Å². The van der Waals surface area contributed by atoms with Gasteiger partial charge in [-0.25, -0.2) is 4.39 Å². The van der Waals surface area contributed by atoms with Crippen molar-refractivity contribution in [2.24, 2.45) is 11.1 Å². The van der Waals surface area contributed by atoms with E-state index in [1.807, 2.05) is 18.7 Å². The molecule has 0 radical (unpaired) electrons. The lowest BCUT2D eigenvalue weighted by molar-refractivity contribution is -0.125. The predicted molar refractivity (Wildman–Crippen MR) is 108 cm³/mol. The van der Waals surface area contributed by atoms with Gasteiger partial charge in [0.05, 0.1) is 5.69 Å². The van der Waals surface area contributed by atoms with Crippen molar-refractivity contribution in [3.05, 3.63) is 46.8 Å². The van der Waals surface area contributed by atoms with Gasteiger partial charge in [-0.3, -0.25) is 9.59 Å². The van der Waals surface area contributed by atoms with E-state index in [4.69, 9.17) is 5.73 Å². The average Bonchev–Trinajstić information content (AvgIpc) is 3.34. The molecule has 1 spiro atoms. The van der Waals surface area contributed by atoms with Gasteiger partial charge in [0.2, 0.25) is 11.8 Å². The first-order chi connectivity index (χ1) is 13.3. The summed E-state index contributed by atoms with van der Waals surface area (Å²) in [6.45, 7) is 10.4. The van der Waals surface area contributed by atoms with Crippen molar-refractivity contribution in [3.8, 4) is 0 Å². The summed E-state index contributed by atoms with van der Waals surface area (Å²) in [5, 5.41) is 0. The summed E-state index contributed by atoms with van der Waals surface area (Å²) in [6, 6.07) is 1.30. The number of carbonyl (C=O) groups excluding carboxylic acids is 2. The lowest BCUT2D eigenvalue weighted by atomic mass is 9.86. The number of likely N-dealkylation sites (tertiary alicyclic amines) is 1.